The molecule has 1 atom stereocenters. The summed E-state index contributed by atoms with van der Waals surface area (Å²) in [5, 5.41) is 0. The molecule has 2 heterocycles. The minimum atomic E-state index is -0.270. The lowest BCUT2D eigenvalue weighted by Crippen LogP contribution is -2.41. The van der Waals surface area contributed by atoms with E-state index in [-0.39, 0.29) is 17.9 Å². The van der Waals surface area contributed by atoms with Gasteiger partial charge in [0.05, 0.1) is 0 Å². The molecule has 2 fully saturated rings. The standard InChI is InChI=1S/C21H30N2O3/c1-2-3-6-17-8-10-18(11-9-17)20(24)22-12-5-13-23(15-14-22)21(25)19-7-4-16-26-19/h8-11,19H,2-7,12-16H2,1H3. The van der Waals surface area contributed by atoms with E-state index in [9.17, 15) is 9.59 Å². The van der Waals surface area contributed by atoms with E-state index in [4.69, 9.17) is 4.74 Å². The summed E-state index contributed by atoms with van der Waals surface area (Å²) in [6.45, 7) is 5.46. The molecular weight excluding hydrogens is 328 g/mol. The molecule has 26 heavy (non-hydrogen) atoms. The number of carbonyl (C=O) groups is 2. The van der Waals surface area contributed by atoms with Gasteiger partial charge in [0.15, 0.2) is 0 Å². The maximum Gasteiger partial charge on any atom is 0.253 e. The summed E-state index contributed by atoms with van der Waals surface area (Å²) >= 11 is 0. The lowest BCUT2D eigenvalue weighted by atomic mass is 10.1. The van der Waals surface area contributed by atoms with Crippen LogP contribution >= 0.6 is 0 Å². The highest BCUT2D eigenvalue weighted by Crippen LogP contribution is 2.17. The quantitative estimate of drug-likeness (QED) is 0.813. The highest BCUT2D eigenvalue weighted by Gasteiger charge is 2.30. The van der Waals surface area contributed by atoms with E-state index in [0.717, 1.165) is 31.2 Å². The number of rotatable bonds is 5. The van der Waals surface area contributed by atoms with Crippen molar-refractivity contribution in [2.24, 2.45) is 0 Å². The summed E-state index contributed by atoms with van der Waals surface area (Å²) in [4.78, 5) is 29.1. The van der Waals surface area contributed by atoms with Crippen LogP contribution in [0.3, 0.4) is 0 Å². The third-order valence-electron chi connectivity index (χ3n) is 5.32. The fraction of sp³-hybridized carbons (Fsp3) is 0.619. The molecule has 0 saturated carbocycles. The summed E-state index contributed by atoms with van der Waals surface area (Å²) in [5.74, 6) is 0.163. The number of amides is 2. The molecular formula is C21H30N2O3. The first kappa shape index (κ1) is 18.9. The SMILES string of the molecule is CCCCc1ccc(C(=O)N2CCCN(C(=O)C3CCCO3)CC2)cc1. The molecule has 1 aromatic rings. The minimum absolute atomic E-state index is 0.0680. The Bertz CT molecular complexity index is 608. The Balaban J connectivity index is 1.56. The summed E-state index contributed by atoms with van der Waals surface area (Å²) in [6, 6.07) is 8.00. The molecule has 2 amide bonds. The van der Waals surface area contributed by atoms with Gasteiger partial charge in [-0.2, -0.15) is 0 Å². The maximum atomic E-state index is 12.8. The second kappa shape index (κ2) is 9.17. The summed E-state index contributed by atoms with van der Waals surface area (Å²) in [5.41, 5.74) is 2.02. The molecule has 0 aliphatic carbocycles. The van der Waals surface area contributed by atoms with Crippen molar-refractivity contribution < 1.29 is 14.3 Å². The van der Waals surface area contributed by atoms with E-state index >= 15 is 0 Å². The average Bonchev–Trinajstić information content (AvgIpc) is 3.10. The molecule has 3 rings (SSSR count). The number of nitrogens with zero attached hydrogens (tertiary/aromatic N) is 2. The highest BCUT2D eigenvalue weighted by molar-refractivity contribution is 5.94. The first-order valence-corrected chi connectivity index (χ1v) is 9.97. The van der Waals surface area contributed by atoms with Crippen LogP contribution in [0.2, 0.25) is 0 Å². The molecule has 0 aromatic heterocycles. The smallest absolute Gasteiger partial charge is 0.253 e. The monoisotopic (exact) mass is 358 g/mol. The van der Waals surface area contributed by atoms with E-state index in [1.807, 2.05) is 21.9 Å². The third kappa shape index (κ3) is 4.64. The fourth-order valence-corrected chi connectivity index (χ4v) is 3.69. The Morgan fingerprint density at radius 2 is 1.77 bits per heavy atom. The summed E-state index contributed by atoms with van der Waals surface area (Å²) in [6.07, 6.45) is 5.75. The van der Waals surface area contributed by atoms with Crippen molar-refractivity contribution >= 4 is 11.8 Å². The van der Waals surface area contributed by atoms with Gasteiger partial charge in [-0.05, 0) is 49.8 Å². The van der Waals surface area contributed by atoms with Crippen LogP contribution in [0.25, 0.3) is 0 Å². The minimum Gasteiger partial charge on any atom is -0.368 e. The average molecular weight is 358 g/mol. The van der Waals surface area contributed by atoms with E-state index in [2.05, 4.69) is 19.1 Å². The normalized spacial score (nSPS) is 20.9. The first-order valence-electron chi connectivity index (χ1n) is 9.97. The van der Waals surface area contributed by atoms with Gasteiger partial charge in [-0.3, -0.25) is 9.59 Å². The van der Waals surface area contributed by atoms with E-state index < -0.39 is 0 Å². The lowest BCUT2D eigenvalue weighted by Gasteiger charge is -2.24. The van der Waals surface area contributed by atoms with E-state index in [1.54, 1.807) is 0 Å². The largest absolute Gasteiger partial charge is 0.368 e. The molecule has 0 N–H and O–H groups in total. The predicted octanol–water partition coefficient (Wildman–Crippen LogP) is 2.88. The van der Waals surface area contributed by atoms with Crippen molar-refractivity contribution in [2.75, 3.05) is 32.8 Å². The van der Waals surface area contributed by atoms with Gasteiger partial charge < -0.3 is 14.5 Å². The number of benzene rings is 1. The Morgan fingerprint density at radius 3 is 2.46 bits per heavy atom. The molecule has 2 saturated heterocycles. The van der Waals surface area contributed by atoms with Crippen molar-refractivity contribution in [1.29, 1.82) is 0 Å². The molecule has 142 valence electrons. The molecule has 2 aliphatic heterocycles. The second-order valence-corrected chi connectivity index (χ2v) is 7.27. The number of carbonyl (C=O) groups excluding carboxylic acids is 2. The number of unbranched alkanes of at least 4 members (excludes halogenated alkanes) is 1. The predicted molar refractivity (Wildman–Crippen MR) is 101 cm³/mol. The molecule has 5 heteroatoms. The Morgan fingerprint density at radius 1 is 1.04 bits per heavy atom. The van der Waals surface area contributed by atoms with Gasteiger partial charge in [0.2, 0.25) is 0 Å². The maximum absolute atomic E-state index is 12.8. The zero-order valence-electron chi connectivity index (χ0n) is 15.8. The Labute approximate surface area is 156 Å². The van der Waals surface area contributed by atoms with Gasteiger partial charge in [0.25, 0.3) is 11.8 Å². The van der Waals surface area contributed by atoms with E-state index in [1.165, 1.54) is 18.4 Å². The van der Waals surface area contributed by atoms with Crippen molar-refractivity contribution in [3.8, 4) is 0 Å². The van der Waals surface area contributed by atoms with Gasteiger partial charge in [0.1, 0.15) is 6.10 Å². The van der Waals surface area contributed by atoms with Crippen LogP contribution in [-0.2, 0) is 16.0 Å². The molecule has 2 aliphatic rings. The van der Waals surface area contributed by atoms with Crippen molar-refractivity contribution in [3.05, 3.63) is 35.4 Å². The van der Waals surface area contributed by atoms with Crippen LogP contribution in [0, 0.1) is 0 Å². The van der Waals surface area contributed by atoms with Crippen molar-refractivity contribution in [2.45, 2.75) is 51.6 Å². The lowest BCUT2D eigenvalue weighted by molar-refractivity contribution is -0.140. The Hall–Kier alpha value is -1.88. The molecule has 5 nitrogen and oxygen atoms in total. The highest BCUT2D eigenvalue weighted by atomic mass is 16.5. The van der Waals surface area contributed by atoms with Gasteiger partial charge in [-0.15, -0.1) is 0 Å². The number of ether oxygens (including phenoxy) is 1. The number of hydrogen-bond donors (Lipinski definition) is 0. The van der Waals surface area contributed by atoms with Crippen LogP contribution in [0.15, 0.2) is 24.3 Å². The molecule has 1 unspecified atom stereocenters. The van der Waals surface area contributed by atoms with Gasteiger partial charge in [-0.1, -0.05) is 25.5 Å². The van der Waals surface area contributed by atoms with Gasteiger partial charge >= 0.3 is 0 Å². The topological polar surface area (TPSA) is 49.9 Å². The first-order chi connectivity index (χ1) is 12.7. The number of hydrogen-bond acceptors (Lipinski definition) is 3. The third-order valence-corrected chi connectivity index (χ3v) is 5.32. The van der Waals surface area contributed by atoms with Crippen LogP contribution in [0.1, 0.15) is 54.9 Å². The summed E-state index contributed by atoms with van der Waals surface area (Å²) in [7, 11) is 0. The zero-order chi connectivity index (χ0) is 18.4. The van der Waals surface area contributed by atoms with Crippen molar-refractivity contribution in [1.82, 2.24) is 9.80 Å². The molecule has 0 bridgehead atoms. The van der Waals surface area contributed by atoms with Crippen molar-refractivity contribution in [3.63, 3.8) is 0 Å². The van der Waals surface area contributed by atoms with Crippen LogP contribution in [-0.4, -0.2) is 60.5 Å². The number of aryl methyl sites for hydroxylation is 1. The van der Waals surface area contributed by atoms with Crippen LogP contribution < -0.4 is 0 Å². The fourth-order valence-electron chi connectivity index (χ4n) is 3.69. The molecule has 0 radical (unpaired) electrons. The van der Waals surface area contributed by atoms with Gasteiger partial charge in [0, 0.05) is 38.3 Å². The van der Waals surface area contributed by atoms with E-state index in [0.29, 0.717) is 32.8 Å². The molecule has 1 aromatic carbocycles. The van der Waals surface area contributed by atoms with Crippen LogP contribution in [0.5, 0.6) is 0 Å². The van der Waals surface area contributed by atoms with Gasteiger partial charge in [-0.25, -0.2) is 0 Å². The Kier molecular flexibility index (Phi) is 6.67. The second-order valence-electron chi connectivity index (χ2n) is 7.27. The van der Waals surface area contributed by atoms with Crippen LogP contribution in [0.4, 0.5) is 0 Å². The summed E-state index contributed by atoms with van der Waals surface area (Å²) < 4.78 is 5.52. The molecule has 0 spiro atoms. The zero-order valence-corrected chi connectivity index (χ0v) is 15.8.